The van der Waals surface area contributed by atoms with Crippen molar-refractivity contribution >= 4 is 0 Å². The Hall–Kier alpha value is -0.0135. The molecule has 0 saturated heterocycles. The van der Waals surface area contributed by atoms with Crippen LogP contribution in [-0.4, -0.2) is 0 Å². The number of hydrogen-bond donors (Lipinski definition) is 0. The molecule has 0 aliphatic heterocycles. The van der Waals surface area contributed by atoms with Gasteiger partial charge in [-0.1, -0.05) is 19.3 Å². The Kier molecular flexibility index (Phi) is 6.10. The van der Waals surface area contributed by atoms with Crippen LogP contribution in [0.25, 0.3) is 0 Å². The van der Waals surface area contributed by atoms with E-state index in [1.165, 1.54) is 19.3 Å². The smallest absolute Gasteiger partial charge is 0 e. The van der Waals surface area contributed by atoms with Crippen molar-refractivity contribution in [2.75, 3.05) is 0 Å². The summed E-state index contributed by atoms with van der Waals surface area (Å²) in [5, 5.41) is 0. The van der Waals surface area contributed by atoms with E-state index >= 15 is 0 Å². The molecular formula is C8H11Co-. The van der Waals surface area contributed by atoms with Crippen molar-refractivity contribution in [3.8, 4) is 0 Å². The second-order valence-corrected chi connectivity index (χ2v) is 2.04. The molecular weight excluding hydrogens is 155 g/mol. The summed E-state index contributed by atoms with van der Waals surface area (Å²) in [6.45, 7) is 0. The van der Waals surface area contributed by atoms with Gasteiger partial charge >= 0.3 is 0 Å². The fourth-order valence-corrected chi connectivity index (χ4v) is 0.805. The molecule has 9 heavy (non-hydrogen) atoms. The molecule has 1 heteroatoms. The second kappa shape index (κ2) is 6.11. The zero-order valence-electron chi connectivity index (χ0n) is 5.39. The zero-order chi connectivity index (χ0) is 5.66. The van der Waals surface area contributed by atoms with Crippen LogP contribution in [-0.2, 0) is 16.8 Å². The van der Waals surface area contributed by atoms with Gasteiger partial charge in [-0.25, -0.2) is 12.2 Å². The van der Waals surface area contributed by atoms with Crippen LogP contribution in [0.2, 0.25) is 0 Å². The molecule has 0 atom stereocenters. The van der Waals surface area contributed by atoms with E-state index in [1.54, 1.807) is 0 Å². The van der Waals surface area contributed by atoms with Gasteiger partial charge in [-0.15, -0.1) is 6.42 Å². The third kappa shape index (κ3) is 4.49. The Morgan fingerprint density at radius 1 is 1.22 bits per heavy atom. The van der Waals surface area contributed by atoms with E-state index in [1.807, 2.05) is 6.08 Å². The molecule has 0 bridgehead atoms. The van der Waals surface area contributed by atoms with Gasteiger partial charge in [0.05, 0.1) is 0 Å². The summed E-state index contributed by atoms with van der Waals surface area (Å²) < 4.78 is 0. The van der Waals surface area contributed by atoms with Crippen LogP contribution in [0, 0.1) is 6.08 Å². The Morgan fingerprint density at radius 3 is 3.00 bits per heavy atom. The van der Waals surface area contributed by atoms with E-state index in [9.17, 15) is 0 Å². The minimum atomic E-state index is 0. The van der Waals surface area contributed by atoms with Crippen molar-refractivity contribution in [3.05, 3.63) is 24.3 Å². The summed E-state index contributed by atoms with van der Waals surface area (Å²) in [7, 11) is 0. The summed E-state index contributed by atoms with van der Waals surface area (Å²) in [6.07, 6.45) is 14.5. The molecule has 0 saturated carbocycles. The third-order valence-electron chi connectivity index (χ3n) is 1.29. The molecule has 0 aromatic rings. The fourth-order valence-electron chi connectivity index (χ4n) is 0.805. The van der Waals surface area contributed by atoms with Gasteiger partial charge in [0.25, 0.3) is 0 Å². The van der Waals surface area contributed by atoms with Crippen molar-refractivity contribution < 1.29 is 16.8 Å². The SMILES string of the molecule is [C-]1=CC=CCCCC1.[Co]. The Morgan fingerprint density at radius 2 is 2.11 bits per heavy atom. The first-order chi connectivity index (χ1) is 4.00. The summed E-state index contributed by atoms with van der Waals surface area (Å²) in [5.74, 6) is 0. The van der Waals surface area contributed by atoms with E-state index in [2.05, 4.69) is 18.2 Å². The van der Waals surface area contributed by atoms with Crippen LogP contribution in [0.5, 0.6) is 0 Å². The molecule has 1 aliphatic rings. The van der Waals surface area contributed by atoms with Gasteiger partial charge in [-0.05, 0) is 0 Å². The topological polar surface area (TPSA) is 0 Å². The molecule has 0 aromatic heterocycles. The number of allylic oxidation sites excluding steroid dienone is 4. The summed E-state index contributed by atoms with van der Waals surface area (Å²) in [5.41, 5.74) is 0. The van der Waals surface area contributed by atoms with E-state index in [0.717, 1.165) is 6.42 Å². The average molecular weight is 166 g/mol. The summed E-state index contributed by atoms with van der Waals surface area (Å²) >= 11 is 0. The second-order valence-electron chi connectivity index (χ2n) is 2.04. The van der Waals surface area contributed by atoms with Gasteiger partial charge in [-0.2, -0.15) is 6.08 Å². The molecule has 53 valence electrons. The predicted octanol–water partition coefficient (Wildman–Crippen LogP) is 2.47. The largest absolute Gasteiger partial charge is 0.275 e. The molecule has 0 heterocycles. The minimum absolute atomic E-state index is 0. The van der Waals surface area contributed by atoms with Crippen LogP contribution in [0.1, 0.15) is 25.7 Å². The van der Waals surface area contributed by atoms with E-state index < -0.39 is 0 Å². The fraction of sp³-hybridized carbons (Fsp3) is 0.500. The summed E-state index contributed by atoms with van der Waals surface area (Å²) in [6, 6.07) is 0. The summed E-state index contributed by atoms with van der Waals surface area (Å²) in [4.78, 5) is 0. The maximum Gasteiger partial charge on any atom is 0 e. The normalized spacial score (nSPS) is 17.8. The monoisotopic (exact) mass is 166 g/mol. The van der Waals surface area contributed by atoms with Crippen LogP contribution in [0.15, 0.2) is 18.2 Å². The molecule has 1 rings (SSSR count). The molecule has 0 amide bonds. The third-order valence-corrected chi connectivity index (χ3v) is 1.29. The molecule has 0 unspecified atom stereocenters. The first kappa shape index (κ1) is 8.99. The molecule has 0 nitrogen and oxygen atoms in total. The van der Waals surface area contributed by atoms with Crippen LogP contribution < -0.4 is 0 Å². The molecule has 1 radical (unpaired) electrons. The van der Waals surface area contributed by atoms with Crippen molar-refractivity contribution in [3.63, 3.8) is 0 Å². The molecule has 1 aliphatic carbocycles. The van der Waals surface area contributed by atoms with Gasteiger partial charge in [0.15, 0.2) is 0 Å². The van der Waals surface area contributed by atoms with Crippen molar-refractivity contribution in [1.29, 1.82) is 0 Å². The van der Waals surface area contributed by atoms with Crippen LogP contribution in [0.3, 0.4) is 0 Å². The van der Waals surface area contributed by atoms with Gasteiger partial charge in [0.2, 0.25) is 0 Å². The average Bonchev–Trinajstić information content (AvgIpc) is 1.62. The first-order valence-electron chi connectivity index (χ1n) is 3.22. The van der Waals surface area contributed by atoms with Crippen molar-refractivity contribution in [2.45, 2.75) is 25.7 Å². The standard InChI is InChI=1S/C8H11.Co/c1-2-4-6-8-7-5-3-1;/h1-3H,4,6-8H2;/q-1;. The molecule has 0 spiro atoms. The Labute approximate surface area is 67.2 Å². The van der Waals surface area contributed by atoms with E-state index in [4.69, 9.17) is 0 Å². The molecule has 0 N–H and O–H groups in total. The van der Waals surface area contributed by atoms with E-state index in [0.29, 0.717) is 0 Å². The minimum Gasteiger partial charge on any atom is -0.275 e. The van der Waals surface area contributed by atoms with Gasteiger partial charge in [0.1, 0.15) is 0 Å². The zero-order valence-corrected chi connectivity index (χ0v) is 6.43. The maximum absolute atomic E-state index is 3.18. The molecule has 0 fully saturated rings. The maximum atomic E-state index is 3.18. The van der Waals surface area contributed by atoms with Crippen LogP contribution >= 0.6 is 0 Å². The predicted molar refractivity (Wildman–Crippen MR) is 35.4 cm³/mol. The van der Waals surface area contributed by atoms with Crippen molar-refractivity contribution in [1.82, 2.24) is 0 Å². The van der Waals surface area contributed by atoms with Gasteiger partial charge < -0.3 is 0 Å². The number of hydrogen-bond acceptors (Lipinski definition) is 0. The number of rotatable bonds is 0. The van der Waals surface area contributed by atoms with Crippen LogP contribution in [0.4, 0.5) is 0 Å². The first-order valence-corrected chi connectivity index (χ1v) is 3.22. The van der Waals surface area contributed by atoms with Gasteiger partial charge in [-0.3, -0.25) is 6.08 Å². The molecule has 0 aromatic carbocycles. The Balaban J connectivity index is 0.000000640. The van der Waals surface area contributed by atoms with Gasteiger partial charge in [0, 0.05) is 16.8 Å². The van der Waals surface area contributed by atoms with E-state index in [-0.39, 0.29) is 16.8 Å². The van der Waals surface area contributed by atoms with Crippen molar-refractivity contribution in [2.24, 2.45) is 0 Å². The quantitative estimate of drug-likeness (QED) is 0.485. The Bertz CT molecular complexity index is 89.1.